The summed E-state index contributed by atoms with van der Waals surface area (Å²) in [6.45, 7) is 16.5. The van der Waals surface area contributed by atoms with Gasteiger partial charge in [0.05, 0.1) is 17.8 Å². The van der Waals surface area contributed by atoms with Crippen molar-refractivity contribution in [2.24, 2.45) is 11.3 Å². The van der Waals surface area contributed by atoms with E-state index in [0.29, 0.717) is 32.5 Å². The summed E-state index contributed by atoms with van der Waals surface area (Å²) in [7, 11) is 0. The lowest BCUT2D eigenvalue weighted by Gasteiger charge is -2.37. The highest BCUT2D eigenvalue weighted by Gasteiger charge is 2.53. The molecule has 4 amide bonds. The number of hydrogen-bond acceptors (Lipinski definition) is 6. The normalized spacial score (nSPS) is 21.3. The van der Waals surface area contributed by atoms with Crippen LogP contribution in [0.25, 0.3) is 0 Å². The van der Waals surface area contributed by atoms with Crippen LogP contribution in [0, 0.1) is 11.3 Å². The van der Waals surface area contributed by atoms with Gasteiger partial charge in [-0.3, -0.25) is 9.48 Å². The Balaban J connectivity index is 1.57. The molecule has 2 aromatic rings. The van der Waals surface area contributed by atoms with Crippen molar-refractivity contribution in [3.05, 3.63) is 47.8 Å². The topological polar surface area (TPSA) is 122 Å². The van der Waals surface area contributed by atoms with Gasteiger partial charge >= 0.3 is 12.1 Å². The summed E-state index contributed by atoms with van der Waals surface area (Å²) in [6, 6.07) is 8.83. The van der Waals surface area contributed by atoms with Gasteiger partial charge in [0.1, 0.15) is 11.6 Å². The van der Waals surface area contributed by atoms with Gasteiger partial charge in [0.15, 0.2) is 0 Å². The molecule has 0 aliphatic carbocycles. The molecule has 230 valence electrons. The number of carbonyl (C=O) groups excluding carboxylic acids is 3. The number of hydrogen-bond donors (Lipinski definition) is 2. The molecule has 0 radical (unpaired) electrons. The lowest BCUT2D eigenvalue weighted by molar-refractivity contribution is -0.137. The fourth-order valence-electron chi connectivity index (χ4n) is 5.98. The van der Waals surface area contributed by atoms with E-state index >= 15 is 0 Å². The molecule has 4 atom stereocenters. The zero-order valence-corrected chi connectivity index (χ0v) is 26.3. The second-order valence-corrected chi connectivity index (χ2v) is 13.9. The van der Waals surface area contributed by atoms with Crippen molar-refractivity contribution in [2.45, 2.75) is 105 Å². The maximum absolute atomic E-state index is 14.2. The monoisotopic (exact) mass is 581 g/mol. The van der Waals surface area contributed by atoms with Crippen LogP contribution < -0.4 is 10.6 Å². The Morgan fingerprint density at radius 3 is 2.33 bits per heavy atom. The predicted octanol–water partition coefficient (Wildman–Crippen LogP) is 3.83. The molecular weight excluding hydrogens is 534 g/mol. The highest BCUT2D eigenvalue weighted by Crippen LogP contribution is 2.38. The van der Waals surface area contributed by atoms with Gasteiger partial charge < -0.3 is 25.2 Å². The highest BCUT2D eigenvalue weighted by molar-refractivity contribution is 5.87. The summed E-state index contributed by atoms with van der Waals surface area (Å²) in [5.74, 6) is -0.229. The van der Waals surface area contributed by atoms with Gasteiger partial charge in [-0.05, 0) is 52.0 Å². The number of likely N-dealkylation sites (tertiary alicyclic amines) is 2. The molecule has 1 aromatic heterocycles. The molecular formula is C31H47N7O4. The van der Waals surface area contributed by atoms with Crippen LogP contribution in [-0.4, -0.2) is 85.7 Å². The third-order valence-electron chi connectivity index (χ3n) is 7.70. The van der Waals surface area contributed by atoms with Gasteiger partial charge in [-0.2, -0.15) is 0 Å². The largest absolute Gasteiger partial charge is 0.444 e. The average Bonchev–Trinajstić information content (AvgIpc) is 3.58. The van der Waals surface area contributed by atoms with E-state index in [1.54, 1.807) is 20.8 Å². The number of fused-ring (bicyclic) bond motifs is 1. The van der Waals surface area contributed by atoms with E-state index in [0.717, 1.165) is 11.3 Å². The van der Waals surface area contributed by atoms with Crippen molar-refractivity contribution in [1.82, 2.24) is 35.4 Å². The Kier molecular flexibility index (Phi) is 9.18. The molecule has 11 heteroatoms. The van der Waals surface area contributed by atoms with Gasteiger partial charge in [0.25, 0.3) is 0 Å². The van der Waals surface area contributed by atoms with E-state index in [2.05, 4.69) is 33.1 Å². The Hall–Kier alpha value is -3.63. The maximum atomic E-state index is 14.2. The van der Waals surface area contributed by atoms with E-state index in [9.17, 15) is 14.4 Å². The van der Waals surface area contributed by atoms with Crippen LogP contribution in [0.4, 0.5) is 9.59 Å². The summed E-state index contributed by atoms with van der Waals surface area (Å²) >= 11 is 0. The molecule has 2 aliphatic rings. The number of ether oxygens (including phenoxy) is 1. The summed E-state index contributed by atoms with van der Waals surface area (Å²) in [5.41, 5.74) is 0.763. The van der Waals surface area contributed by atoms with E-state index in [-0.39, 0.29) is 36.0 Å². The van der Waals surface area contributed by atoms with Crippen molar-refractivity contribution < 1.29 is 19.1 Å². The number of alkyl carbamates (subject to hydrolysis) is 1. The quantitative estimate of drug-likeness (QED) is 0.513. The molecule has 42 heavy (non-hydrogen) atoms. The van der Waals surface area contributed by atoms with Gasteiger partial charge in [-0.15, -0.1) is 5.10 Å². The molecule has 0 saturated carbocycles. The van der Waals surface area contributed by atoms with Gasteiger partial charge in [-0.1, -0.05) is 56.3 Å². The maximum Gasteiger partial charge on any atom is 0.408 e. The van der Waals surface area contributed by atoms with Crippen LogP contribution >= 0.6 is 0 Å². The first-order valence-electron chi connectivity index (χ1n) is 14.9. The van der Waals surface area contributed by atoms with Crippen molar-refractivity contribution in [3.8, 4) is 0 Å². The van der Waals surface area contributed by atoms with Gasteiger partial charge in [-0.25, -0.2) is 9.59 Å². The zero-order chi connectivity index (χ0) is 30.8. The Morgan fingerprint density at radius 1 is 1.02 bits per heavy atom. The van der Waals surface area contributed by atoms with Gasteiger partial charge in [0.2, 0.25) is 5.91 Å². The minimum Gasteiger partial charge on any atom is -0.444 e. The lowest BCUT2D eigenvalue weighted by atomic mass is 9.85. The van der Waals surface area contributed by atoms with E-state index in [4.69, 9.17) is 4.74 Å². The fourth-order valence-corrected chi connectivity index (χ4v) is 5.98. The van der Waals surface area contributed by atoms with E-state index in [1.807, 2.05) is 73.5 Å². The number of amides is 4. The molecule has 11 nitrogen and oxygen atoms in total. The molecule has 2 saturated heterocycles. The number of nitrogens with one attached hydrogen (secondary N) is 2. The Morgan fingerprint density at radius 2 is 1.71 bits per heavy atom. The van der Waals surface area contributed by atoms with Crippen LogP contribution in [0.15, 0.2) is 36.5 Å². The van der Waals surface area contributed by atoms with Crippen LogP contribution in [-0.2, 0) is 22.5 Å². The van der Waals surface area contributed by atoms with Crippen LogP contribution in [0.5, 0.6) is 0 Å². The number of nitrogens with zero attached hydrogens (tertiary/aromatic N) is 5. The third kappa shape index (κ3) is 7.60. The molecule has 0 bridgehead atoms. The molecule has 3 heterocycles. The Bertz CT molecular complexity index is 1250. The molecule has 4 rings (SSSR count). The minimum atomic E-state index is -0.797. The first-order chi connectivity index (χ1) is 19.6. The van der Waals surface area contributed by atoms with Crippen molar-refractivity contribution in [1.29, 1.82) is 0 Å². The number of aromatic nitrogens is 3. The molecule has 0 unspecified atom stereocenters. The van der Waals surface area contributed by atoms with Crippen molar-refractivity contribution in [3.63, 3.8) is 0 Å². The van der Waals surface area contributed by atoms with Crippen molar-refractivity contribution in [2.75, 3.05) is 13.1 Å². The first-order valence-corrected chi connectivity index (χ1v) is 14.9. The van der Waals surface area contributed by atoms with E-state index in [1.165, 1.54) is 0 Å². The number of urea groups is 1. The molecule has 1 aromatic carbocycles. The van der Waals surface area contributed by atoms with Crippen LogP contribution in [0.3, 0.4) is 0 Å². The molecule has 2 N–H and O–H groups in total. The van der Waals surface area contributed by atoms with Gasteiger partial charge in [0, 0.05) is 44.2 Å². The standard InChI is InChI=1S/C31H47N7O4/c1-20(2)32-28(40)38-18-22(17-36-19-23(34-35-36)16-21-12-10-9-11-13-21)25-24(38)14-15-37(25)27(39)26(30(3,4)5)33-29(41)42-31(6,7)8/h9-13,19-20,22,24-26H,14-18H2,1-8H3,(H,32,40)(H,33,41)/t22-,24+,25+,26+/m0/s1. The van der Waals surface area contributed by atoms with Crippen LogP contribution in [0.2, 0.25) is 0 Å². The predicted molar refractivity (Wildman–Crippen MR) is 160 cm³/mol. The summed E-state index contributed by atoms with van der Waals surface area (Å²) in [5, 5.41) is 14.7. The Labute approximate surface area is 249 Å². The molecule has 2 fully saturated rings. The second kappa shape index (κ2) is 12.3. The van der Waals surface area contributed by atoms with Crippen molar-refractivity contribution >= 4 is 18.0 Å². The van der Waals surface area contributed by atoms with Crippen LogP contribution in [0.1, 0.15) is 73.1 Å². The SMILES string of the molecule is CC(C)NC(=O)N1C[C@H](Cn2cc(Cc3ccccc3)nn2)[C@@H]2[C@H]1CCN2C(=O)[C@@H](NC(=O)OC(C)(C)C)C(C)(C)C. The summed E-state index contributed by atoms with van der Waals surface area (Å²) < 4.78 is 7.32. The second-order valence-electron chi connectivity index (χ2n) is 13.9. The number of benzene rings is 1. The smallest absolute Gasteiger partial charge is 0.408 e. The number of carbonyl (C=O) groups is 3. The highest BCUT2D eigenvalue weighted by atomic mass is 16.6. The molecule has 0 spiro atoms. The zero-order valence-electron chi connectivity index (χ0n) is 26.3. The third-order valence-corrected chi connectivity index (χ3v) is 7.70. The lowest BCUT2D eigenvalue weighted by Crippen LogP contribution is -2.57. The minimum absolute atomic E-state index is 0.00621. The summed E-state index contributed by atoms with van der Waals surface area (Å²) in [6.07, 6.45) is 2.66. The number of rotatable bonds is 7. The average molecular weight is 582 g/mol. The fraction of sp³-hybridized carbons (Fsp3) is 0.645. The summed E-state index contributed by atoms with van der Waals surface area (Å²) in [4.78, 5) is 44.0. The molecule has 2 aliphatic heterocycles. The first kappa shape index (κ1) is 31.3. The van der Waals surface area contributed by atoms with E-state index < -0.39 is 23.2 Å².